The van der Waals surface area contributed by atoms with Gasteiger partial charge < -0.3 is 5.32 Å². The molecule has 1 N–H and O–H groups in total. The minimum atomic E-state index is 0.00834. The number of hydrogen-bond donors (Lipinski definition) is 1. The molecule has 0 spiro atoms. The molecule has 2 aromatic rings. The number of nitrogens with one attached hydrogen (secondary N) is 1. The molecule has 0 fully saturated rings. The van der Waals surface area contributed by atoms with Crippen LogP contribution in [0.2, 0.25) is 0 Å². The molecule has 0 saturated carbocycles. The van der Waals surface area contributed by atoms with Gasteiger partial charge >= 0.3 is 0 Å². The number of hydrogen-bond acceptors (Lipinski definition) is 3. The highest BCUT2D eigenvalue weighted by Gasteiger charge is 2.31. The average Bonchev–Trinajstić information content (AvgIpc) is 3.14. The van der Waals surface area contributed by atoms with E-state index in [0.717, 1.165) is 37.8 Å². The first-order valence-corrected chi connectivity index (χ1v) is 8.51. The van der Waals surface area contributed by atoms with Crippen LogP contribution < -0.4 is 5.32 Å². The molecule has 4 heteroatoms. The van der Waals surface area contributed by atoms with E-state index < -0.39 is 0 Å². The fraction of sp³-hybridized carbons (Fsp3) is 0.412. The Morgan fingerprint density at radius 2 is 2.14 bits per heavy atom. The van der Waals surface area contributed by atoms with Crippen LogP contribution in [0.3, 0.4) is 0 Å². The molecule has 1 amide bonds. The number of benzene rings is 1. The summed E-state index contributed by atoms with van der Waals surface area (Å²) in [4.78, 5) is 18.3. The Bertz CT molecular complexity index is 679. The fourth-order valence-electron chi connectivity index (χ4n) is 3.58. The Kier molecular flexibility index (Phi) is 3.26. The Balaban J connectivity index is 1.53. The van der Waals surface area contributed by atoms with E-state index in [1.807, 2.05) is 5.51 Å². The lowest BCUT2D eigenvalue weighted by Gasteiger charge is -2.23. The van der Waals surface area contributed by atoms with Crippen LogP contribution in [0.25, 0.3) is 0 Å². The number of aromatic nitrogens is 1. The normalized spacial score (nSPS) is 23.4. The monoisotopic (exact) mass is 298 g/mol. The van der Waals surface area contributed by atoms with Gasteiger partial charge in [0.1, 0.15) is 0 Å². The van der Waals surface area contributed by atoms with E-state index in [4.69, 9.17) is 0 Å². The van der Waals surface area contributed by atoms with Gasteiger partial charge in [-0.15, -0.1) is 11.3 Å². The van der Waals surface area contributed by atoms with Crippen molar-refractivity contribution in [2.75, 3.05) is 0 Å². The van der Waals surface area contributed by atoms with Crippen LogP contribution in [0.15, 0.2) is 29.8 Å². The van der Waals surface area contributed by atoms with Crippen molar-refractivity contribution in [3.8, 4) is 0 Å². The predicted molar refractivity (Wildman–Crippen MR) is 83.4 cm³/mol. The standard InChI is InChI=1S/C17H18N2OS/c20-17(13-6-3-7-15-16(13)21-10-18-15)19-14-9-8-11-4-1-2-5-12(11)14/h1-2,4-5,10,13-14H,3,6-9H2,(H,19,20). The highest BCUT2D eigenvalue weighted by Crippen LogP contribution is 2.36. The molecular weight excluding hydrogens is 280 g/mol. The number of aryl methyl sites for hydroxylation is 2. The van der Waals surface area contributed by atoms with Crippen molar-refractivity contribution in [2.24, 2.45) is 0 Å². The molecule has 0 aliphatic heterocycles. The third-order valence-electron chi connectivity index (χ3n) is 4.66. The summed E-state index contributed by atoms with van der Waals surface area (Å²) in [6, 6.07) is 8.64. The average molecular weight is 298 g/mol. The van der Waals surface area contributed by atoms with E-state index >= 15 is 0 Å². The molecule has 2 unspecified atom stereocenters. The molecule has 2 aliphatic rings. The number of fused-ring (bicyclic) bond motifs is 2. The number of carbonyl (C=O) groups excluding carboxylic acids is 1. The molecule has 1 heterocycles. The van der Waals surface area contributed by atoms with Crippen LogP contribution in [0.4, 0.5) is 0 Å². The summed E-state index contributed by atoms with van der Waals surface area (Å²) in [5.74, 6) is 0.191. The lowest BCUT2D eigenvalue weighted by Crippen LogP contribution is -2.33. The second-order valence-corrected chi connectivity index (χ2v) is 6.79. The van der Waals surface area contributed by atoms with E-state index in [2.05, 4.69) is 34.6 Å². The number of nitrogens with zero attached hydrogens (tertiary/aromatic N) is 1. The second kappa shape index (κ2) is 5.26. The smallest absolute Gasteiger partial charge is 0.228 e. The maximum atomic E-state index is 12.7. The molecule has 0 radical (unpaired) electrons. The van der Waals surface area contributed by atoms with Gasteiger partial charge in [0.15, 0.2) is 0 Å². The summed E-state index contributed by atoms with van der Waals surface area (Å²) in [5, 5.41) is 3.28. The SMILES string of the molecule is O=C(NC1CCc2ccccc21)C1CCCc2ncsc21. The van der Waals surface area contributed by atoms with Crippen molar-refractivity contribution in [1.82, 2.24) is 10.3 Å². The molecule has 0 bridgehead atoms. The number of rotatable bonds is 2. The van der Waals surface area contributed by atoms with E-state index in [1.54, 1.807) is 11.3 Å². The summed E-state index contributed by atoms with van der Waals surface area (Å²) in [5.41, 5.74) is 5.69. The highest BCUT2D eigenvalue weighted by molar-refractivity contribution is 7.10. The number of carbonyl (C=O) groups is 1. The second-order valence-electron chi connectivity index (χ2n) is 5.91. The maximum absolute atomic E-state index is 12.7. The van der Waals surface area contributed by atoms with Gasteiger partial charge in [0.2, 0.25) is 5.91 Å². The van der Waals surface area contributed by atoms with Crippen LogP contribution in [0, 0.1) is 0 Å². The molecule has 2 atom stereocenters. The van der Waals surface area contributed by atoms with Gasteiger partial charge in [-0.05, 0) is 43.2 Å². The van der Waals surface area contributed by atoms with Gasteiger partial charge in [-0.25, -0.2) is 4.98 Å². The first-order valence-electron chi connectivity index (χ1n) is 7.63. The molecule has 3 nitrogen and oxygen atoms in total. The van der Waals surface area contributed by atoms with Crippen molar-refractivity contribution >= 4 is 17.2 Å². The molecule has 1 aromatic heterocycles. The topological polar surface area (TPSA) is 42.0 Å². The van der Waals surface area contributed by atoms with Gasteiger partial charge in [-0.2, -0.15) is 0 Å². The molecule has 108 valence electrons. The van der Waals surface area contributed by atoms with E-state index in [-0.39, 0.29) is 17.9 Å². The van der Waals surface area contributed by atoms with Crippen molar-refractivity contribution in [3.63, 3.8) is 0 Å². The number of amides is 1. The molecule has 21 heavy (non-hydrogen) atoms. The predicted octanol–water partition coefficient (Wildman–Crippen LogP) is 3.37. The minimum Gasteiger partial charge on any atom is -0.349 e. The van der Waals surface area contributed by atoms with Crippen molar-refractivity contribution in [1.29, 1.82) is 0 Å². The third-order valence-corrected chi connectivity index (χ3v) is 5.65. The lowest BCUT2D eigenvalue weighted by molar-refractivity contribution is -0.123. The van der Waals surface area contributed by atoms with E-state index in [9.17, 15) is 4.79 Å². The van der Waals surface area contributed by atoms with Gasteiger partial charge in [-0.3, -0.25) is 4.79 Å². The minimum absolute atomic E-state index is 0.00834. The molecule has 1 aromatic carbocycles. The Morgan fingerprint density at radius 3 is 3.10 bits per heavy atom. The Hall–Kier alpha value is -1.68. The van der Waals surface area contributed by atoms with Gasteiger partial charge in [-0.1, -0.05) is 24.3 Å². The fourth-order valence-corrected chi connectivity index (χ4v) is 4.56. The largest absolute Gasteiger partial charge is 0.349 e. The van der Waals surface area contributed by atoms with Crippen molar-refractivity contribution < 1.29 is 4.79 Å². The third kappa shape index (κ3) is 2.27. The maximum Gasteiger partial charge on any atom is 0.228 e. The van der Waals surface area contributed by atoms with Crippen LogP contribution in [0.1, 0.15) is 52.9 Å². The summed E-state index contributed by atoms with van der Waals surface area (Å²) >= 11 is 1.63. The van der Waals surface area contributed by atoms with Crippen molar-refractivity contribution in [3.05, 3.63) is 51.5 Å². The summed E-state index contributed by atoms with van der Waals surface area (Å²) in [6.07, 6.45) is 5.13. The quantitative estimate of drug-likeness (QED) is 0.923. The van der Waals surface area contributed by atoms with Crippen LogP contribution in [0.5, 0.6) is 0 Å². The van der Waals surface area contributed by atoms with Gasteiger partial charge in [0, 0.05) is 4.88 Å². The zero-order chi connectivity index (χ0) is 14.2. The molecule has 4 rings (SSSR count). The Labute approximate surface area is 128 Å². The summed E-state index contributed by atoms with van der Waals surface area (Å²) in [7, 11) is 0. The first-order chi connectivity index (χ1) is 10.3. The van der Waals surface area contributed by atoms with Crippen LogP contribution in [-0.2, 0) is 17.6 Å². The first kappa shape index (κ1) is 13.0. The molecule has 0 saturated heterocycles. The Morgan fingerprint density at radius 1 is 1.24 bits per heavy atom. The molecular formula is C17H18N2OS. The summed E-state index contributed by atoms with van der Waals surface area (Å²) in [6.45, 7) is 0. The van der Waals surface area contributed by atoms with Gasteiger partial charge in [0.05, 0.1) is 23.2 Å². The zero-order valence-corrected chi connectivity index (χ0v) is 12.7. The van der Waals surface area contributed by atoms with Gasteiger partial charge in [0.25, 0.3) is 0 Å². The number of thiazole rings is 1. The van der Waals surface area contributed by atoms with Crippen molar-refractivity contribution in [2.45, 2.75) is 44.1 Å². The molecule has 2 aliphatic carbocycles. The highest BCUT2D eigenvalue weighted by atomic mass is 32.1. The van der Waals surface area contributed by atoms with E-state index in [0.29, 0.717) is 0 Å². The lowest BCUT2D eigenvalue weighted by atomic mass is 9.90. The van der Waals surface area contributed by atoms with Crippen LogP contribution >= 0.6 is 11.3 Å². The zero-order valence-electron chi connectivity index (χ0n) is 11.8. The van der Waals surface area contributed by atoms with E-state index in [1.165, 1.54) is 16.0 Å². The summed E-state index contributed by atoms with van der Waals surface area (Å²) < 4.78 is 0. The van der Waals surface area contributed by atoms with Crippen LogP contribution in [-0.4, -0.2) is 10.9 Å².